The average molecular weight is 964 g/mol. The van der Waals surface area contributed by atoms with Crippen molar-refractivity contribution in [3.8, 4) is 55.6 Å². The van der Waals surface area contributed by atoms with Crippen LogP contribution in [0.2, 0.25) is 0 Å². The van der Waals surface area contributed by atoms with E-state index in [0.717, 1.165) is 83.2 Å². The lowest BCUT2D eigenvalue weighted by atomic mass is 9.68. The highest BCUT2D eigenvalue weighted by molar-refractivity contribution is 6.07. The van der Waals surface area contributed by atoms with E-state index in [-0.39, 0.29) is 5.56 Å². The van der Waals surface area contributed by atoms with Gasteiger partial charge in [0.25, 0.3) is 0 Å². The lowest BCUT2D eigenvalue weighted by Gasteiger charge is -2.32. The van der Waals surface area contributed by atoms with Crippen LogP contribution < -0.4 is 4.90 Å². The molecule has 0 radical (unpaired) electrons. The molecule has 0 saturated carbocycles. The van der Waals surface area contributed by atoms with Crippen LogP contribution in [-0.4, -0.2) is 0 Å². The number of anilines is 3. The Kier molecular flexibility index (Phi) is 9.00. The molecule has 2 aliphatic rings. The zero-order chi connectivity index (χ0) is 49.4. The monoisotopic (exact) mass is 963 g/mol. The average Bonchev–Trinajstić information content (AvgIpc) is 4.18. The second-order valence-electron chi connectivity index (χ2n) is 19.3. The summed E-state index contributed by atoms with van der Waals surface area (Å²) in [5.74, 6) is -2.07. The summed E-state index contributed by atoms with van der Waals surface area (Å²) in [6, 6.07) is 69.6. The zero-order valence-corrected chi connectivity index (χ0v) is 39.1. The van der Waals surface area contributed by atoms with Crippen LogP contribution in [0, 0.1) is 23.3 Å². The third-order valence-electron chi connectivity index (χ3n) is 15.3. The molecule has 0 atom stereocenters. The molecule has 7 heteroatoms. The van der Waals surface area contributed by atoms with E-state index in [1.165, 1.54) is 42.5 Å². The molecule has 2 aliphatic carbocycles. The summed E-state index contributed by atoms with van der Waals surface area (Å²) in [5, 5.41) is 4.24. The first-order valence-electron chi connectivity index (χ1n) is 24.5. The number of halogens is 4. The van der Waals surface area contributed by atoms with Gasteiger partial charge in [-0.15, -0.1) is 0 Å². The molecule has 0 N–H and O–H groups in total. The lowest BCUT2D eigenvalue weighted by molar-refractivity contribution is 0.610. The van der Waals surface area contributed by atoms with E-state index in [9.17, 15) is 0 Å². The molecule has 0 aliphatic heterocycles. The molecule has 1 spiro atoms. The Morgan fingerprint density at radius 1 is 0.311 bits per heavy atom. The predicted molar refractivity (Wildman–Crippen MR) is 288 cm³/mol. The second-order valence-corrected chi connectivity index (χ2v) is 19.3. The molecule has 15 rings (SSSR count). The fourth-order valence-corrected chi connectivity index (χ4v) is 12.2. The number of furan rings is 2. The van der Waals surface area contributed by atoms with Crippen molar-refractivity contribution < 1.29 is 26.4 Å². The van der Waals surface area contributed by atoms with Gasteiger partial charge in [0, 0.05) is 44.2 Å². The van der Waals surface area contributed by atoms with Crippen LogP contribution in [-0.2, 0) is 5.41 Å². The van der Waals surface area contributed by atoms with Gasteiger partial charge in [-0.1, -0.05) is 109 Å². The van der Waals surface area contributed by atoms with Crippen LogP contribution in [0.3, 0.4) is 0 Å². The van der Waals surface area contributed by atoms with Crippen LogP contribution >= 0.6 is 0 Å². The first-order valence-corrected chi connectivity index (χ1v) is 24.5. The summed E-state index contributed by atoms with van der Waals surface area (Å²) in [6.45, 7) is 0. The van der Waals surface area contributed by atoms with Crippen LogP contribution in [0.1, 0.15) is 22.3 Å². The smallest absolute Gasteiger partial charge is 0.136 e. The first kappa shape index (κ1) is 42.2. The first-order chi connectivity index (χ1) is 36.3. The Labute approximate surface area is 421 Å². The molecule has 0 bridgehead atoms. The Morgan fingerprint density at radius 2 is 0.757 bits per heavy atom. The minimum absolute atomic E-state index is 0.251. The van der Waals surface area contributed by atoms with Crippen molar-refractivity contribution in [3.05, 3.63) is 270 Å². The number of hydrogen-bond donors (Lipinski definition) is 0. The van der Waals surface area contributed by atoms with E-state index in [1.54, 1.807) is 24.3 Å². The van der Waals surface area contributed by atoms with Gasteiger partial charge >= 0.3 is 0 Å². The Bertz CT molecular complexity index is 4260. The molecule has 0 amide bonds. The Morgan fingerprint density at radius 3 is 1.27 bits per heavy atom. The fraction of sp³-hybridized carbons (Fsp3) is 0.0149. The highest BCUT2D eigenvalue weighted by Gasteiger charge is 2.54. The Hall–Kier alpha value is -9.46. The summed E-state index contributed by atoms with van der Waals surface area (Å²) >= 11 is 0. The molecule has 13 aromatic rings. The molecule has 2 aromatic heterocycles. The van der Waals surface area contributed by atoms with Crippen LogP contribution in [0.15, 0.2) is 233 Å². The zero-order valence-electron chi connectivity index (χ0n) is 39.1. The van der Waals surface area contributed by atoms with Crippen molar-refractivity contribution in [2.45, 2.75) is 5.41 Å². The highest BCUT2D eigenvalue weighted by Crippen LogP contribution is 2.65. The van der Waals surface area contributed by atoms with Crippen molar-refractivity contribution in [2.75, 3.05) is 4.90 Å². The van der Waals surface area contributed by atoms with Crippen LogP contribution in [0.5, 0.6) is 0 Å². The van der Waals surface area contributed by atoms with Crippen molar-refractivity contribution >= 4 is 60.9 Å². The van der Waals surface area contributed by atoms with E-state index in [4.69, 9.17) is 8.83 Å². The summed E-state index contributed by atoms with van der Waals surface area (Å²) in [6.07, 6.45) is 0. The van der Waals surface area contributed by atoms with Gasteiger partial charge in [-0.3, -0.25) is 0 Å². The topological polar surface area (TPSA) is 29.5 Å². The standard InChI is InChI=1S/C67H37F4NO2/c68-43-18-27-49-50-28-19-44(69)36-58(50)67(57(49)35-43)59-37-45(70)20-29-51(59)56-30-31-60(71)65(66(56)67)42-6-5-7-48(32-42)72(46-21-12-38(13-22-46)40-16-25-54-52-8-1-3-10-61(52)73-63(54)33-40)47-23-14-39(15-24-47)41-17-26-55-53-9-2-4-11-62(53)74-64(55)34-41/h1-37H. The highest BCUT2D eigenvalue weighted by atomic mass is 19.1. The molecule has 2 heterocycles. The van der Waals surface area contributed by atoms with Gasteiger partial charge in [-0.2, -0.15) is 0 Å². The Balaban J connectivity index is 0.898. The maximum atomic E-state index is 17.4. The summed E-state index contributed by atoms with van der Waals surface area (Å²) < 4.78 is 77.1. The molecular weight excluding hydrogens is 927 g/mol. The fourth-order valence-electron chi connectivity index (χ4n) is 12.2. The third-order valence-corrected chi connectivity index (χ3v) is 15.3. The van der Waals surface area contributed by atoms with Crippen LogP contribution in [0.25, 0.3) is 99.5 Å². The minimum atomic E-state index is -1.46. The molecule has 11 aromatic carbocycles. The van der Waals surface area contributed by atoms with Gasteiger partial charge in [0.05, 0.1) is 5.41 Å². The van der Waals surface area contributed by atoms with Gasteiger partial charge in [-0.05, 0) is 188 Å². The molecule has 350 valence electrons. The molecule has 74 heavy (non-hydrogen) atoms. The molecule has 0 saturated heterocycles. The van der Waals surface area contributed by atoms with Gasteiger partial charge in [0.2, 0.25) is 0 Å². The van der Waals surface area contributed by atoms with Gasteiger partial charge in [-0.25, -0.2) is 17.6 Å². The quantitative estimate of drug-likeness (QED) is 0.156. The second kappa shape index (κ2) is 15.8. The summed E-state index contributed by atoms with van der Waals surface area (Å²) in [7, 11) is 0. The maximum absolute atomic E-state index is 17.4. The molecule has 0 unspecified atom stereocenters. The van der Waals surface area contributed by atoms with Crippen molar-refractivity contribution in [3.63, 3.8) is 0 Å². The lowest BCUT2D eigenvalue weighted by Crippen LogP contribution is -2.27. The maximum Gasteiger partial charge on any atom is 0.136 e. The van der Waals surface area contributed by atoms with E-state index in [1.807, 2.05) is 60.7 Å². The minimum Gasteiger partial charge on any atom is -0.456 e. The summed E-state index contributed by atoms with van der Waals surface area (Å²) in [5.41, 5.74) is 13.6. The molecule has 3 nitrogen and oxygen atoms in total. The molecule has 0 fully saturated rings. The summed E-state index contributed by atoms with van der Waals surface area (Å²) in [4.78, 5) is 2.13. The van der Waals surface area contributed by atoms with E-state index >= 15 is 17.6 Å². The number of fused-ring (bicyclic) bond motifs is 16. The van der Waals surface area contributed by atoms with Crippen molar-refractivity contribution in [2.24, 2.45) is 0 Å². The van der Waals surface area contributed by atoms with E-state index < -0.39 is 28.7 Å². The number of benzene rings is 11. The third kappa shape index (κ3) is 6.13. The SMILES string of the molecule is Fc1ccc2c(c1)C1(c3cc(F)ccc3-2)c2cc(F)ccc2-c2ccc(F)c(-c3cccc(N(c4ccc(-c5ccc6c(c5)oc5ccccc56)cc4)c4ccc(-c5ccc6c(c5)oc5ccccc56)cc4)c3)c21. The van der Waals surface area contributed by atoms with Crippen molar-refractivity contribution in [1.29, 1.82) is 0 Å². The molecular formula is C67H37F4NO2. The number of rotatable bonds is 6. The van der Waals surface area contributed by atoms with Gasteiger partial charge < -0.3 is 13.7 Å². The number of para-hydroxylation sites is 2. The van der Waals surface area contributed by atoms with Crippen molar-refractivity contribution in [1.82, 2.24) is 0 Å². The van der Waals surface area contributed by atoms with Crippen LogP contribution in [0.4, 0.5) is 34.6 Å². The predicted octanol–water partition coefficient (Wildman–Crippen LogP) is 18.9. The largest absolute Gasteiger partial charge is 0.456 e. The van der Waals surface area contributed by atoms with E-state index in [2.05, 4.69) is 102 Å². The normalized spacial score (nSPS) is 13.0. The van der Waals surface area contributed by atoms with E-state index in [0.29, 0.717) is 50.1 Å². The van der Waals surface area contributed by atoms with Gasteiger partial charge in [0.1, 0.15) is 45.6 Å². The number of hydrogen-bond acceptors (Lipinski definition) is 3. The van der Waals surface area contributed by atoms with Gasteiger partial charge in [0.15, 0.2) is 0 Å². The number of nitrogens with zero attached hydrogens (tertiary/aromatic N) is 1.